The number of hydrogen-bond acceptors (Lipinski definition) is 6. The van der Waals surface area contributed by atoms with Crippen LogP contribution in [0.4, 0.5) is 5.69 Å². The Labute approximate surface area is 239 Å². The van der Waals surface area contributed by atoms with Crippen LogP contribution in [0.5, 0.6) is 0 Å². The molecule has 0 spiro atoms. The average molecular weight is 573 g/mol. The highest BCUT2D eigenvalue weighted by atomic mass is 32.2. The number of aryl methyl sites for hydroxylation is 1. The molecule has 10 heteroatoms. The summed E-state index contributed by atoms with van der Waals surface area (Å²) in [6, 6.07) is 23.4. The molecule has 1 fully saturated rings. The number of carbonyl (C=O) groups excluding carboxylic acids is 1. The van der Waals surface area contributed by atoms with Gasteiger partial charge in [0.25, 0.3) is 15.9 Å². The number of carbonyl (C=O) groups is 2. The standard InChI is InChI=1S/C31H32N4O5S/c36-29(37)8-1-4-23-9-11-24(12-10-23)22-34-18-20-35(21-19-34)31(38)26-13-15-27(16-14-26)33-41(39,40)28-7-2-5-25-6-3-17-32-30(25)28/h2-3,5-7,9-17,33H,1,4,8,18-22H2,(H,36,37). The van der Waals surface area contributed by atoms with Crippen LogP contribution in [0.3, 0.4) is 0 Å². The molecule has 0 unspecified atom stereocenters. The number of benzene rings is 3. The predicted octanol–water partition coefficient (Wildman–Crippen LogP) is 4.40. The monoisotopic (exact) mass is 572 g/mol. The van der Waals surface area contributed by atoms with Gasteiger partial charge in [0.15, 0.2) is 0 Å². The Balaban J connectivity index is 1.13. The van der Waals surface area contributed by atoms with Crippen LogP contribution in [0.15, 0.2) is 90.0 Å². The number of carboxylic acid groups (broad SMARTS) is 1. The molecular weight excluding hydrogens is 540 g/mol. The Morgan fingerprint density at radius 1 is 0.854 bits per heavy atom. The van der Waals surface area contributed by atoms with Crippen LogP contribution in [0.2, 0.25) is 0 Å². The molecule has 2 N–H and O–H groups in total. The van der Waals surface area contributed by atoms with Gasteiger partial charge in [-0.15, -0.1) is 0 Å². The summed E-state index contributed by atoms with van der Waals surface area (Å²) >= 11 is 0. The number of amides is 1. The van der Waals surface area contributed by atoms with Crippen LogP contribution in [0.25, 0.3) is 10.9 Å². The summed E-state index contributed by atoms with van der Waals surface area (Å²) in [4.78, 5) is 32.3. The molecule has 1 amide bonds. The third-order valence-electron chi connectivity index (χ3n) is 7.21. The number of piperazine rings is 1. The van der Waals surface area contributed by atoms with Crippen molar-refractivity contribution in [1.82, 2.24) is 14.8 Å². The smallest absolute Gasteiger partial charge is 0.303 e. The number of aromatic nitrogens is 1. The van der Waals surface area contributed by atoms with E-state index in [9.17, 15) is 18.0 Å². The molecule has 0 aliphatic carbocycles. The van der Waals surface area contributed by atoms with Crippen molar-refractivity contribution in [3.05, 3.63) is 102 Å². The molecule has 41 heavy (non-hydrogen) atoms. The van der Waals surface area contributed by atoms with Crippen molar-refractivity contribution in [3.63, 3.8) is 0 Å². The number of hydrogen-bond donors (Lipinski definition) is 2. The molecule has 0 saturated carbocycles. The van der Waals surface area contributed by atoms with Crippen LogP contribution in [0.1, 0.15) is 34.3 Å². The molecule has 0 bridgehead atoms. The molecule has 2 heterocycles. The van der Waals surface area contributed by atoms with E-state index in [-0.39, 0.29) is 17.2 Å². The number of sulfonamides is 1. The van der Waals surface area contributed by atoms with E-state index >= 15 is 0 Å². The first-order valence-corrected chi connectivity index (χ1v) is 15.0. The maximum atomic E-state index is 13.1. The lowest BCUT2D eigenvalue weighted by molar-refractivity contribution is -0.137. The van der Waals surface area contributed by atoms with Gasteiger partial charge in [-0.3, -0.25) is 24.2 Å². The van der Waals surface area contributed by atoms with Crippen molar-refractivity contribution in [1.29, 1.82) is 0 Å². The molecule has 1 aliphatic rings. The first-order chi connectivity index (χ1) is 19.8. The first kappa shape index (κ1) is 28.3. The summed E-state index contributed by atoms with van der Waals surface area (Å²) in [5.74, 6) is -0.850. The minimum absolute atomic E-state index is 0.0805. The zero-order valence-electron chi connectivity index (χ0n) is 22.6. The van der Waals surface area contributed by atoms with E-state index in [0.29, 0.717) is 36.3 Å². The summed E-state index contributed by atoms with van der Waals surface area (Å²) in [6.45, 7) is 3.51. The SMILES string of the molecule is O=C(O)CCCc1ccc(CN2CCN(C(=O)c3ccc(NS(=O)(=O)c4cccc5cccnc45)cc3)CC2)cc1. The quantitative estimate of drug-likeness (QED) is 0.289. The Morgan fingerprint density at radius 2 is 1.54 bits per heavy atom. The van der Waals surface area contributed by atoms with Gasteiger partial charge in [0, 0.05) is 62.0 Å². The fourth-order valence-electron chi connectivity index (χ4n) is 4.99. The lowest BCUT2D eigenvalue weighted by Crippen LogP contribution is -2.48. The van der Waals surface area contributed by atoms with Gasteiger partial charge in [0.1, 0.15) is 4.90 Å². The Kier molecular flexibility index (Phi) is 8.61. The van der Waals surface area contributed by atoms with E-state index in [0.717, 1.165) is 37.0 Å². The molecule has 5 rings (SSSR count). The van der Waals surface area contributed by atoms with Crippen molar-refractivity contribution in [2.24, 2.45) is 0 Å². The third kappa shape index (κ3) is 7.08. The largest absolute Gasteiger partial charge is 0.481 e. The maximum absolute atomic E-state index is 13.1. The number of carboxylic acids is 1. The molecule has 3 aromatic carbocycles. The van der Waals surface area contributed by atoms with Gasteiger partial charge in [0.2, 0.25) is 0 Å². The van der Waals surface area contributed by atoms with Crippen LogP contribution < -0.4 is 4.72 Å². The number of nitrogens with zero attached hydrogens (tertiary/aromatic N) is 3. The molecule has 0 radical (unpaired) electrons. The number of nitrogens with one attached hydrogen (secondary N) is 1. The maximum Gasteiger partial charge on any atom is 0.303 e. The van der Waals surface area contributed by atoms with Gasteiger partial charge in [-0.25, -0.2) is 8.42 Å². The lowest BCUT2D eigenvalue weighted by Gasteiger charge is -2.34. The van der Waals surface area contributed by atoms with Crippen molar-refractivity contribution in [2.45, 2.75) is 30.7 Å². The average Bonchev–Trinajstić information content (AvgIpc) is 2.98. The Morgan fingerprint density at radius 3 is 2.24 bits per heavy atom. The number of para-hydroxylation sites is 1. The highest BCUT2D eigenvalue weighted by Gasteiger charge is 2.23. The highest BCUT2D eigenvalue weighted by molar-refractivity contribution is 7.93. The summed E-state index contributed by atoms with van der Waals surface area (Å²) in [7, 11) is -3.87. The summed E-state index contributed by atoms with van der Waals surface area (Å²) in [5, 5.41) is 9.53. The normalized spacial score (nSPS) is 14.2. The summed E-state index contributed by atoms with van der Waals surface area (Å²) in [6.07, 6.45) is 3.12. The molecule has 1 aliphatic heterocycles. The van der Waals surface area contributed by atoms with E-state index in [4.69, 9.17) is 5.11 Å². The summed E-state index contributed by atoms with van der Waals surface area (Å²) < 4.78 is 28.7. The van der Waals surface area contributed by atoms with Crippen molar-refractivity contribution in [2.75, 3.05) is 30.9 Å². The molecule has 1 saturated heterocycles. The van der Waals surface area contributed by atoms with E-state index in [2.05, 4.69) is 38.9 Å². The van der Waals surface area contributed by atoms with Gasteiger partial charge < -0.3 is 10.0 Å². The Hall–Kier alpha value is -4.28. The van der Waals surface area contributed by atoms with Crippen molar-refractivity contribution < 1.29 is 23.1 Å². The second kappa shape index (κ2) is 12.5. The predicted molar refractivity (Wildman–Crippen MR) is 157 cm³/mol. The van der Waals surface area contributed by atoms with Gasteiger partial charge >= 0.3 is 5.97 Å². The Bertz CT molecular complexity index is 1630. The number of anilines is 1. The molecule has 0 atom stereocenters. The number of fused-ring (bicyclic) bond motifs is 1. The van der Waals surface area contributed by atoms with E-state index in [1.165, 1.54) is 11.6 Å². The molecule has 1 aromatic heterocycles. The van der Waals surface area contributed by atoms with Crippen LogP contribution in [-0.2, 0) is 27.8 Å². The minimum atomic E-state index is -3.87. The highest BCUT2D eigenvalue weighted by Crippen LogP contribution is 2.24. The van der Waals surface area contributed by atoms with Crippen molar-refractivity contribution in [3.8, 4) is 0 Å². The zero-order chi connectivity index (χ0) is 28.8. The number of pyridine rings is 1. The van der Waals surface area contributed by atoms with Gasteiger partial charge in [-0.05, 0) is 60.4 Å². The first-order valence-electron chi connectivity index (χ1n) is 13.6. The van der Waals surface area contributed by atoms with E-state index in [1.54, 1.807) is 42.6 Å². The summed E-state index contributed by atoms with van der Waals surface area (Å²) in [5.41, 5.74) is 3.59. The second-order valence-corrected chi connectivity index (χ2v) is 11.8. The number of rotatable bonds is 10. The van der Waals surface area contributed by atoms with Crippen LogP contribution in [0, 0.1) is 0 Å². The van der Waals surface area contributed by atoms with E-state index in [1.807, 2.05) is 17.0 Å². The lowest BCUT2D eigenvalue weighted by atomic mass is 10.1. The zero-order valence-corrected chi connectivity index (χ0v) is 23.4. The van der Waals surface area contributed by atoms with Gasteiger partial charge in [-0.2, -0.15) is 0 Å². The van der Waals surface area contributed by atoms with Crippen molar-refractivity contribution >= 4 is 38.5 Å². The van der Waals surface area contributed by atoms with Gasteiger partial charge in [0.05, 0.1) is 5.52 Å². The molecule has 4 aromatic rings. The third-order valence-corrected chi connectivity index (χ3v) is 8.63. The second-order valence-electron chi connectivity index (χ2n) is 10.1. The fraction of sp³-hybridized carbons (Fsp3) is 0.258. The molecule has 9 nitrogen and oxygen atoms in total. The van der Waals surface area contributed by atoms with E-state index < -0.39 is 16.0 Å². The number of aliphatic carboxylic acids is 1. The van der Waals surface area contributed by atoms with Crippen LogP contribution >= 0.6 is 0 Å². The fourth-order valence-corrected chi connectivity index (χ4v) is 6.23. The topological polar surface area (TPSA) is 120 Å². The van der Waals surface area contributed by atoms with Crippen LogP contribution in [-0.4, -0.2) is 66.4 Å². The molecular formula is C31H32N4O5S. The van der Waals surface area contributed by atoms with Gasteiger partial charge in [-0.1, -0.05) is 42.5 Å². The minimum Gasteiger partial charge on any atom is -0.481 e. The molecule has 212 valence electrons.